The molecule has 146 valence electrons. The monoisotopic (exact) mass is 365 g/mol. The summed E-state index contributed by atoms with van der Waals surface area (Å²) in [4.78, 5) is 22.5. The van der Waals surface area contributed by atoms with Crippen molar-refractivity contribution in [3.63, 3.8) is 0 Å². The van der Waals surface area contributed by atoms with Crippen LogP contribution in [0, 0.1) is 0 Å². The van der Waals surface area contributed by atoms with E-state index in [0.717, 1.165) is 25.0 Å². The van der Waals surface area contributed by atoms with Gasteiger partial charge in [-0.2, -0.15) is 0 Å². The molecule has 26 heavy (non-hydrogen) atoms. The number of hydrogen-bond donors (Lipinski definition) is 3. The number of carbonyl (C=O) groups excluding carboxylic acids is 2. The van der Waals surface area contributed by atoms with Crippen LogP contribution in [0.15, 0.2) is 10.6 Å². The zero-order valence-electron chi connectivity index (χ0n) is 15.6. The lowest BCUT2D eigenvalue weighted by atomic mass is 9.95. The van der Waals surface area contributed by atoms with Gasteiger partial charge in [-0.1, -0.05) is 31.3 Å². The molecule has 2 amide bonds. The maximum atomic E-state index is 11.3. The van der Waals surface area contributed by atoms with E-state index in [1.807, 2.05) is 6.92 Å². The Balaban J connectivity index is 0.000000190. The minimum Gasteiger partial charge on any atom is -0.395 e. The first kappa shape index (κ1) is 20.4. The molecular formula is C19H31N3O4. The molecule has 0 saturated heterocycles. The number of nitrogens with one attached hydrogen (secondary N) is 2. The first-order valence-electron chi connectivity index (χ1n) is 9.79. The molecule has 0 aromatic carbocycles. The molecule has 1 aromatic heterocycles. The van der Waals surface area contributed by atoms with E-state index in [0.29, 0.717) is 24.1 Å². The summed E-state index contributed by atoms with van der Waals surface area (Å²) in [6, 6.07) is 2.16. The minimum atomic E-state index is -0.297. The van der Waals surface area contributed by atoms with Gasteiger partial charge in [0.25, 0.3) is 5.91 Å². The van der Waals surface area contributed by atoms with Crippen molar-refractivity contribution in [1.82, 2.24) is 15.8 Å². The van der Waals surface area contributed by atoms with Gasteiger partial charge in [-0.3, -0.25) is 9.59 Å². The number of aromatic nitrogens is 1. The van der Waals surface area contributed by atoms with Crippen LogP contribution in [0.2, 0.25) is 0 Å². The number of aliphatic hydroxyl groups excluding tert-OH is 1. The maximum Gasteiger partial charge on any atom is 0.273 e. The van der Waals surface area contributed by atoms with Gasteiger partial charge in [0, 0.05) is 31.0 Å². The number of carbonyl (C=O) groups is 2. The second-order valence-corrected chi connectivity index (χ2v) is 7.02. The van der Waals surface area contributed by atoms with Crippen LogP contribution in [-0.2, 0) is 4.79 Å². The Morgan fingerprint density at radius 1 is 1.23 bits per heavy atom. The quantitative estimate of drug-likeness (QED) is 0.689. The molecule has 0 atom stereocenters. The highest BCUT2D eigenvalue weighted by molar-refractivity contribution is 5.92. The average molecular weight is 365 g/mol. The van der Waals surface area contributed by atoms with Gasteiger partial charge in [0.1, 0.15) is 5.76 Å². The van der Waals surface area contributed by atoms with Crippen LogP contribution < -0.4 is 10.6 Å². The summed E-state index contributed by atoms with van der Waals surface area (Å²) in [7, 11) is 0. The van der Waals surface area contributed by atoms with Crippen molar-refractivity contribution in [2.75, 3.05) is 13.2 Å². The van der Waals surface area contributed by atoms with E-state index in [2.05, 4.69) is 15.8 Å². The zero-order valence-corrected chi connectivity index (χ0v) is 15.6. The Hall–Kier alpha value is -1.89. The molecule has 7 nitrogen and oxygen atoms in total. The van der Waals surface area contributed by atoms with Crippen molar-refractivity contribution in [3.8, 4) is 0 Å². The van der Waals surface area contributed by atoms with E-state index >= 15 is 0 Å². The van der Waals surface area contributed by atoms with E-state index in [4.69, 9.17) is 9.63 Å². The summed E-state index contributed by atoms with van der Waals surface area (Å²) >= 11 is 0. The molecule has 3 rings (SSSR count). The number of amides is 2. The highest BCUT2D eigenvalue weighted by Crippen LogP contribution is 2.40. The predicted octanol–water partition coefficient (Wildman–Crippen LogP) is 2.51. The molecule has 1 heterocycles. The van der Waals surface area contributed by atoms with Gasteiger partial charge in [0.05, 0.1) is 6.61 Å². The van der Waals surface area contributed by atoms with Crippen LogP contribution >= 0.6 is 0 Å². The Bertz CT molecular complexity index is 563. The van der Waals surface area contributed by atoms with Crippen molar-refractivity contribution < 1.29 is 19.2 Å². The SMILES string of the molecule is CCCC(=O)NC1CCCCC1.O=C(NCCO)c1cc(C2CC2)on1. The molecule has 2 saturated carbocycles. The summed E-state index contributed by atoms with van der Waals surface area (Å²) in [6.45, 7) is 2.21. The normalized spacial score (nSPS) is 17.2. The minimum absolute atomic E-state index is 0.0704. The van der Waals surface area contributed by atoms with Crippen molar-refractivity contribution >= 4 is 11.8 Å². The molecule has 3 N–H and O–H groups in total. The molecule has 0 spiro atoms. The van der Waals surface area contributed by atoms with Crippen LogP contribution in [-0.4, -0.2) is 41.3 Å². The zero-order chi connectivity index (χ0) is 18.8. The van der Waals surface area contributed by atoms with E-state index in [9.17, 15) is 9.59 Å². The summed E-state index contributed by atoms with van der Waals surface area (Å²) in [5, 5.41) is 17.8. The summed E-state index contributed by atoms with van der Waals surface area (Å²) < 4.78 is 5.02. The van der Waals surface area contributed by atoms with Crippen molar-refractivity contribution in [1.29, 1.82) is 0 Å². The van der Waals surface area contributed by atoms with Crippen molar-refractivity contribution in [3.05, 3.63) is 17.5 Å². The topological polar surface area (TPSA) is 104 Å². The van der Waals surface area contributed by atoms with E-state index in [1.165, 1.54) is 32.1 Å². The molecule has 7 heteroatoms. The van der Waals surface area contributed by atoms with Crippen LogP contribution in [0.25, 0.3) is 0 Å². The molecule has 1 aromatic rings. The standard InChI is InChI=1S/C10H19NO.C9H12N2O3/c1-2-6-10(12)11-9-7-4-3-5-8-9;12-4-3-10-9(13)7-5-8(14-11-7)6-1-2-6/h9H,2-8H2,1H3,(H,11,12);5-6,12H,1-4H2,(H,10,13). The number of hydrogen-bond acceptors (Lipinski definition) is 5. The largest absolute Gasteiger partial charge is 0.395 e. The number of aliphatic hydroxyl groups is 1. The fraction of sp³-hybridized carbons (Fsp3) is 0.737. The lowest BCUT2D eigenvalue weighted by molar-refractivity contribution is -0.122. The molecule has 2 fully saturated rings. The predicted molar refractivity (Wildman–Crippen MR) is 97.8 cm³/mol. The first-order valence-corrected chi connectivity index (χ1v) is 9.79. The molecule has 0 bridgehead atoms. The first-order chi connectivity index (χ1) is 12.6. The van der Waals surface area contributed by atoms with E-state index < -0.39 is 0 Å². The number of nitrogens with zero attached hydrogens (tertiary/aromatic N) is 1. The summed E-state index contributed by atoms with van der Waals surface area (Å²) in [5.74, 6) is 1.19. The second-order valence-electron chi connectivity index (χ2n) is 7.02. The smallest absolute Gasteiger partial charge is 0.273 e. The Morgan fingerprint density at radius 3 is 2.58 bits per heavy atom. The number of rotatable bonds is 7. The fourth-order valence-electron chi connectivity index (χ4n) is 2.99. The second kappa shape index (κ2) is 11.0. The lowest BCUT2D eigenvalue weighted by Gasteiger charge is -2.22. The van der Waals surface area contributed by atoms with Gasteiger partial charge < -0.3 is 20.3 Å². The van der Waals surface area contributed by atoms with Crippen LogP contribution in [0.4, 0.5) is 0 Å². The van der Waals surface area contributed by atoms with Crippen LogP contribution in [0.3, 0.4) is 0 Å². The maximum absolute atomic E-state index is 11.3. The van der Waals surface area contributed by atoms with Gasteiger partial charge >= 0.3 is 0 Å². The third-order valence-corrected chi connectivity index (χ3v) is 4.59. The fourth-order valence-corrected chi connectivity index (χ4v) is 2.99. The Kier molecular flexibility index (Phi) is 8.61. The van der Waals surface area contributed by atoms with Crippen LogP contribution in [0.1, 0.15) is 86.9 Å². The van der Waals surface area contributed by atoms with Gasteiger partial charge in [-0.15, -0.1) is 0 Å². The van der Waals surface area contributed by atoms with E-state index in [1.54, 1.807) is 6.07 Å². The lowest BCUT2D eigenvalue weighted by Crippen LogP contribution is -2.35. The van der Waals surface area contributed by atoms with Gasteiger partial charge in [0.15, 0.2) is 5.69 Å². The highest BCUT2D eigenvalue weighted by Gasteiger charge is 2.28. The van der Waals surface area contributed by atoms with E-state index in [-0.39, 0.29) is 25.0 Å². The van der Waals surface area contributed by atoms with Crippen molar-refractivity contribution in [2.24, 2.45) is 0 Å². The summed E-state index contributed by atoms with van der Waals surface area (Å²) in [6.07, 6.45) is 10.2. The molecule has 2 aliphatic rings. The van der Waals surface area contributed by atoms with Gasteiger partial charge in [-0.05, 0) is 32.1 Å². The highest BCUT2D eigenvalue weighted by atomic mass is 16.5. The van der Waals surface area contributed by atoms with Gasteiger partial charge in [0.2, 0.25) is 5.91 Å². The molecular weight excluding hydrogens is 334 g/mol. The van der Waals surface area contributed by atoms with Crippen LogP contribution in [0.5, 0.6) is 0 Å². The molecule has 0 aliphatic heterocycles. The van der Waals surface area contributed by atoms with Gasteiger partial charge in [-0.25, -0.2) is 0 Å². The third kappa shape index (κ3) is 7.15. The molecule has 2 aliphatic carbocycles. The summed E-state index contributed by atoms with van der Waals surface area (Å²) in [5.41, 5.74) is 0.292. The average Bonchev–Trinajstić information content (AvgIpc) is 3.38. The van der Waals surface area contributed by atoms with Crippen molar-refractivity contribution in [2.45, 2.75) is 76.7 Å². The molecule has 0 unspecified atom stereocenters. The Labute approximate surface area is 154 Å². The Morgan fingerprint density at radius 2 is 1.96 bits per heavy atom. The third-order valence-electron chi connectivity index (χ3n) is 4.59. The molecule has 0 radical (unpaired) electrons.